The van der Waals surface area contributed by atoms with E-state index in [0.717, 1.165) is 6.42 Å². The van der Waals surface area contributed by atoms with Gasteiger partial charge in [0.15, 0.2) is 11.5 Å². The second-order valence-corrected chi connectivity index (χ2v) is 5.11. The highest BCUT2D eigenvalue weighted by Gasteiger charge is 2.34. The van der Waals surface area contributed by atoms with E-state index in [1.165, 1.54) is 4.68 Å². The normalized spacial score (nSPS) is 16.7. The molecule has 112 valence electrons. The second kappa shape index (κ2) is 5.97. The van der Waals surface area contributed by atoms with Crippen molar-refractivity contribution in [3.63, 3.8) is 0 Å². The van der Waals surface area contributed by atoms with Crippen molar-refractivity contribution in [1.82, 2.24) is 25.1 Å². The number of aliphatic carboxylic acids is 1. The molecule has 1 atom stereocenters. The number of hydrogen-bond acceptors (Lipinski definition) is 7. The molecule has 0 unspecified atom stereocenters. The van der Waals surface area contributed by atoms with Gasteiger partial charge < -0.3 is 5.11 Å². The van der Waals surface area contributed by atoms with E-state index in [1.54, 1.807) is 0 Å². The highest BCUT2D eigenvalue weighted by molar-refractivity contribution is 5.66. The van der Waals surface area contributed by atoms with E-state index in [-0.39, 0.29) is 18.2 Å². The zero-order valence-corrected chi connectivity index (χ0v) is 12.0. The lowest BCUT2D eigenvalue weighted by atomic mass is 10.1. The largest absolute Gasteiger partial charge is 0.480 e. The molecule has 1 aliphatic rings. The van der Waals surface area contributed by atoms with Crippen molar-refractivity contribution in [1.29, 1.82) is 0 Å². The summed E-state index contributed by atoms with van der Waals surface area (Å²) in [5, 5.41) is 28.0. The Morgan fingerprint density at radius 1 is 1.57 bits per heavy atom. The van der Waals surface area contributed by atoms with Gasteiger partial charge in [0.2, 0.25) is 0 Å². The molecular weight excluding hydrogens is 274 g/mol. The fraction of sp³-hybridized carbons (Fsp3) is 0.667. The minimum Gasteiger partial charge on any atom is -0.480 e. The maximum atomic E-state index is 10.8. The lowest BCUT2D eigenvalue weighted by Gasteiger charge is -2.26. The minimum atomic E-state index is -0.998. The second-order valence-electron chi connectivity index (χ2n) is 5.11. The third kappa shape index (κ3) is 3.82. The smallest absolute Gasteiger partial charge is 0.325 e. The Labute approximate surface area is 122 Å². The Balaban J connectivity index is 2.06. The van der Waals surface area contributed by atoms with Crippen molar-refractivity contribution < 1.29 is 9.90 Å². The molecular formula is C12H17N7O2. The van der Waals surface area contributed by atoms with Crippen LogP contribution in [0.15, 0.2) is 10.2 Å². The summed E-state index contributed by atoms with van der Waals surface area (Å²) in [4.78, 5) is 12.8. The average molecular weight is 291 g/mol. The molecule has 2 heterocycles. The third-order valence-corrected chi connectivity index (χ3v) is 3.37. The third-order valence-electron chi connectivity index (χ3n) is 3.37. The van der Waals surface area contributed by atoms with Crippen molar-refractivity contribution >= 4 is 5.97 Å². The molecule has 1 aromatic heterocycles. The maximum absolute atomic E-state index is 10.8. The molecule has 9 heteroatoms. The van der Waals surface area contributed by atoms with Crippen LogP contribution in [0.5, 0.6) is 0 Å². The standard InChI is InChI=1S/C12H17N7O2/c1-4-6-18(7-5-12(3)14-15-12)9(2)11-13-16-17-19(11)8-10(20)21/h1,9H,5-8H2,2-3H3,(H,20,21)/t9-/m0/s1. The van der Waals surface area contributed by atoms with E-state index >= 15 is 0 Å². The maximum Gasteiger partial charge on any atom is 0.325 e. The molecule has 1 aliphatic heterocycles. The van der Waals surface area contributed by atoms with E-state index in [9.17, 15) is 4.79 Å². The molecule has 0 bridgehead atoms. The summed E-state index contributed by atoms with van der Waals surface area (Å²) >= 11 is 0. The number of carboxylic acids is 1. The van der Waals surface area contributed by atoms with Gasteiger partial charge in [-0.1, -0.05) is 5.92 Å². The lowest BCUT2D eigenvalue weighted by molar-refractivity contribution is -0.138. The predicted octanol–water partition coefficient (Wildman–Crippen LogP) is 0.326. The van der Waals surface area contributed by atoms with Crippen LogP contribution in [-0.4, -0.2) is 54.9 Å². The molecule has 21 heavy (non-hydrogen) atoms. The Hall–Kier alpha value is -2.34. The molecule has 0 amide bonds. The molecule has 0 aliphatic carbocycles. The van der Waals surface area contributed by atoms with Gasteiger partial charge >= 0.3 is 5.97 Å². The fourth-order valence-electron chi connectivity index (χ4n) is 1.98. The molecule has 0 aromatic carbocycles. The van der Waals surface area contributed by atoms with Gasteiger partial charge in [0.05, 0.1) is 12.6 Å². The van der Waals surface area contributed by atoms with E-state index in [4.69, 9.17) is 11.5 Å². The molecule has 9 nitrogen and oxygen atoms in total. The highest BCUT2D eigenvalue weighted by atomic mass is 16.4. The van der Waals surface area contributed by atoms with Gasteiger partial charge in [-0.3, -0.25) is 9.69 Å². The Kier molecular flexibility index (Phi) is 4.28. The number of rotatable bonds is 8. The summed E-state index contributed by atoms with van der Waals surface area (Å²) < 4.78 is 1.27. The zero-order chi connectivity index (χ0) is 15.5. The first-order chi connectivity index (χ1) is 9.95. The number of nitrogens with zero attached hydrogens (tertiary/aromatic N) is 7. The van der Waals surface area contributed by atoms with Crippen LogP contribution in [-0.2, 0) is 11.3 Å². The molecule has 0 saturated heterocycles. The van der Waals surface area contributed by atoms with Gasteiger partial charge in [-0.2, -0.15) is 10.2 Å². The first-order valence-corrected chi connectivity index (χ1v) is 6.54. The average Bonchev–Trinajstić information content (AvgIpc) is 2.98. The van der Waals surface area contributed by atoms with Crippen LogP contribution in [0.25, 0.3) is 0 Å². The Morgan fingerprint density at radius 3 is 2.86 bits per heavy atom. The molecule has 0 saturated carbocycles. The van der Waals surface area contributed by atoms with Gasteiger partial charge in [-0.25, -0.2) is 4.68 Å². The van der Waals surface area contributed by atoms with Crippen LogP contribution in [0.2, 0.25) is 0 Å². The number of terminal acetylenes is 1. The summed E-state index contributed by atoms with van der Waals surface area (Å²) in [5.74, 6) is 2.07. The minimum absolute atomic E-state index is 0.197. The van der Waals surface area contributed by atoms with Crippen molar-refractivity contribution in [2.45, 2.75) is 38.5 Å². The quantitative estimate of drug-likeness (QED) is 0.691. The highest BCUT2D eigenvalue weighted by Crippen LogP contribution is 2.31. The van der Waals surface area contributed by atoms with Gasteiger partial charge in [-0.15, -0.1) is 11.5 Å². The summed E-state index contributed by atoms with van der Waals surface area (Å²) in [6, 6.07) is -0.197. The van der Waals surface area contributed by atoms with Gasteiger partial charge in [0.1, 0.15) is 6.54 Å². The van der Waals surface area contributed by atoms with Crippen LogP contribution in [0.1, 0.15) is 32.1 Å². The fourth-order valence-corrected chi connectivity index (χ4v) is 1.98. The predicted molar refractivity (Wildman–Crippen MR) is 72.2 cm³/mol. The van der Waals surface area contributed by atoms with Crippen LogP contribution in [0.4, 0.5) is 0 Å². The van der Waals surface area contributed by atoms with Crippen molar-refractivity contribution in [3.05, 3.63) is 5.82 Å². The molecule has 2 rings (SSSR count). The van der Waals surface area contributed by atoms with E-state index < -0.39 is 5.97 Å². The monoisotopic (exact) mass is 291 g/mol. The first-order valence-electron chi connectivity index (χ1n) is 6.54. The Morgan fingerprint density at radius 2 is 2.29 bits per heavy atom. The summed E-state index contributed by atoms with van der Waals surface area (Å²) in [6.45, 7) is 4.65. The molecule has 0 fully saturated rings. The van der Waals surface area contributed by atoms with E-state index in [1.807, 2.05) is 18.7 Å². The van der Waals surface area contributed by atoms with Gasteiger partial charge in [0, 0.05) is 13.0 Å². The van der Waals surface area contributed by atoms with E-state index in [2.05, 4.69) is 31.7 Å². The van der Waals surface area contributed by atoms with Gasteiger partial charge in [-0.05, 0) is 24.3 Å². The van der Waals surface area contributed by atoms with Crippen molar-refractivity contribution in [2.24, 2.45) is 10.2 Å². The topological polar surface area (TPSA) is 109 Å². The van der Waals surface area contributed by atoms with Gasteiger partial charge in [0.25, 0.3) is 0 Å². The summed E-state index contributed by atoms with van der Waals surface area (Å²) in [5.41, 5.74) is -0.306. The van der Waals surface area contributed by atoms with Crippen LogP contribution < -0.4 is 0 Å². The van der Waals surface area contributed by atoms with Crippen LogP contribution >= 0.6 is 0 Å². The first kappa shape index (κ1) is 15.1. The number of tetrazole rings is 1. The van der Waals surface area contributed by atoms with Crippen LogP contribution in [0.3, 0.4) is 0 Å². The molecule has 1 N–H and O–H groups in total. The number of carboxylic acid groups (broad SMARTS) is 1. The molecule has 0 spiro atoms. The number of aromatic nitrogens is 4. The number of hydrogen-bond donors (Lipinski definition) is 1. The van der Waals surface area contributed by atoms with Crippen LogP contribution in [0, 0.1) is 12.3 Å². The van der Waals surface area contributed by atoms with Crippen molar-refractivity contribution in [2.75, 3.05) is 13.1 Å². The summed E-state index contributed by atoms with van der Waals surface area (Å²) in [6.07, 6.45) is 6.15. The zero-order valence-electron chi connectivity index (χ0n) is 12.0. The SMILES string of the molecule is C#CCN(CCC1(C)N=N1)[C@@H](C)c1nnnn1CC(=O)O. The Bertz CT molecular complexity index is 583. The lowest BCUT2D eigenvalue weighted by Crippen LogP contribution is -2.33. The van der Waals surface area contributed by atoms with E-state index in [0.29, 0.717) is 18.9 Å². The number of carbonyl (C=O) groups is 1. The molecule has 1 aromatic rings. The molecule has 0 radical (unpaired) electrons. The van der Waals surface area contributed by atoms with Crippen molar-refractivity contribution in [3.8, 4) is 12.3 Å². The summed E-state index contributed by atoms with van der Waals surface area (Å²) in [7, 11) is 0.